The van der Waals surface area contributed by atoms with E-state index in [0.29, 0.717) is 12.1 Å². The van der Waals surface area contributed by atoms with E-state index in [2.05, 4.69) is 35.9 Å². The Kier molecular flexibility index (Phi) is 3.49. The van der Waals surface area contributed by atoms with Crippen molar-refractivity contribution in [3.8, 4) is 0 Å². The van der Waals surface area contributed by atoms with Crippen LogP contribution in [0, 0.1) is 13.8 Å². The fourth-order valence-corrected chi connectivity index (χ4v) is 1.74. The SMILES string of the molecule is Cc1ccc(CC(O)c2cnccn2)cc1C. The number of rotatable bonds is 3. The van der Waals surface area contributed by atoms with E-state index in [1.807, 2.05) is 6.07 Å². The highest BCUT2D eigenvalue weighted by atomic mass is 16.3. The van der Waals surface area contributed by atoms with Crippen LogP contribution in [0.4, 0.5) is 0 Å². The maximum atomic E-state index is 10.0. The number of hydrogen-bond acceptors (Lipinski definition) is 3. The number of aryl methyl sites for hydroxylation is 2. The molecule has 0 spiro atoms. The van der Waals surface area contributed by atoms with E-state index < -0.39 is 6.10 Å². The van der Waals surface area contributed by atoms with Crippen LogP contribution in [0.1, 0.15) is 28.5 Å². The highest BCUT2D eigenvalue weighted by molar-refractivity contribution is 5.30. The van der Waals surface area contributed by atoms with Gasteiger partial charge in [-0.3, -0.25) is 9.97 Å². The fraction of sp³-hybridized carbons (Fsp3) is 0.286. The minimum atomic E-state index is -0.592. The maximum Gasteiger partial charge on any atom is 0.102 e. The van der Waals surface area contributed by atoms with Crippen LogP contribution in [-0.4, -0.2) is 15.1 Å². The average Bonchev–Trinajstić information content (AvgIpc) is 2.35. The van der Waals surface area contributed by atoms with Crippen molar-refractivity contribution in [1.82, 2.24) is 9.97 Å². The molecule has 1 N–H and O–H groups in total. The number of hydrogen-bond donors (Lipinski definition) is 1. The summed E-state index contributed by atoms with van der Waals surface area (Å²) in [4.78, 5) is 8.06. The lowest BCUT2D eigenvalue weighted by Crippen LogP contribution is -2.04. The van der Waals surface area contributed by atoms with Crippen LogP contribution >= 0.6 is 0 Å². The first-order valence-corrected chi connectivity index (χ1v) is 5.67. The van der Waals surface area contributed by atoms with Gasteiger partial charge in [-0.1, -0.05) is 18.2 Å². The van der Waals surface area contributed by atoms with Crippen molar-refractivity contribution >= 4 is 0 Å². The molecule has 0 aliphatic carbocycles. The number of aliphatic hydroxyl groups is 1. The van der Waals surface area contributed by atoms with E-state index in [-0.39, 0.29) is 0 Å². The van der Waals surface area contributed by atoms with Gasteiger partial charge in [-0.05, 0) is 30.5 Å². The van der Waals surface area contributed by atoms with Crippen LogP contribution in [0.5, 0.6) is 0 Å². The van der Waals surface area contributed by atoms with Gasteiger partial charge in [0, 0.05) is 18.8 Å². The van der Waals surface area contributed by atoms with Gasteiger partial charge in [-0.25, -0.2) is 0 Å². The molecule has 0 saturated heterocycles. The monoisotopic (exact) mass is 228 g/mol. The fourth-order valence-electron chi connectivity index (χ4n) is 1.74. The molecule has 1 atom stereocenters. The molecular formula is C14H16N2O. The Morgan fingerprint density at radius 3 is 2.65 bits per heavy atom. The third-order valence-corrected chi connectivity index (χ3v) is 2.92. The van der Waals surface area contributed by atoms with Crippen molar-refractivity contribution in [2.45, 2.75) is 26.4 Å². The zero-order valence-corrected chi connectivity index (χ0v) is 10.1. The smallest absolute Gasteiger partial charge is 0.102 e. The quantitative estimate of drug-likeness (QED) is 0.877. The van der Waals surface area contributed by atoms with Gasteiger partial charge >= 0.3 is 0 Å². The Labute approximate surface area is 101 Å². The number of aromatic nitrogens is 2. The third-order valence-electron chi connectivity index (χ3n) is 2.92. The molecule has 0 amide bonds. The molecule has 0 aliphatic heterocycles. The number of benzene rings is 1. The zero-order chi connectivity index (χ0) is 12.3. The molecule has 0 bridgehead atoms. The molecule has 17 heavy (non-hydrogen) atoms. The van der Waals surface area contributed by atoms with Gasteiger partial charge in [0.05, 0.1) is 11.9 Å². The first-order valence-electron chi connectivity index (χ1n) is 5.67. The Bertz CT molecular complexity index is 497. The largest absolute Gasteiger partial charge is 0.386 e. The molecule has 1 unspecified atom stereocenters. The summed E-state index contributed by atoms with van der Waals surface area (Å²) in [6.45, 7) is 4.16. The van der Waals surface area contributed by atoms with Gasteiger partial charge in [0.2, 0.25) is 0 Å². The van der Waals surface area contributed by atoms with Gasteiger partial charge in [0.15, 0.2) is 0 Å². The van der Waals surface area contributed by atoms with E-state index >= 15 is 0 Å². The highest BCUT2D eigenvalue weighted by Crippen LogP contribution is 2.17. The van der Waals surface area contributed by atoms with E-state index in [4.69, 9.17) is 0 Å². The van der Waals surface area contributed by atoms with Crippen molar-refractivity contribution < 1.29 is 5.11 Å². The predicted molar refractivity (Wildman–Crippen MR) is 66.6 cm³/mol. The van der Waals surface area contributed by atoms with E-state index in [1.165, 1.54) is 11.1 Å². The number of aliphatic hydroxyl groups excluding tert-OH is 1. The van der Waals surface area contributed by atoms with E-state index in [9.17, 15) is 5.11 Å². The van der Waals surface area contributed by atoms with Crippen molar-refractivity contribution in [2.75, 3.05) is 0 Å². The van der Waals surface area contributed by atoms with Crippen molar-refractivity contribution in [3.05, 3.63) is 59.2 Å². The second kappa shape index (κ2) is 5.06. The molecule has 0 radical (unpaired) electrons. The first kappa shape index (κ1) is 11.7. The van der Waals surface area contributed by atoms with Gasteiger partial charge in [0.1, 0.15) is 6.10 Å². The lowest BCUT2D eigenvalue weighted by molar-refractivity contribution is 0.173. The lowest BCUT2D eigenvalue weighted by atomic mass is 10.0. The minimum absolute atomic E-state index is 0.569. The maximum absolute atomic E-state index is 10.0. The lowest BCUT2D eigenvalue weighted by Gasteiger charge is -2.10. The molecule has 1 aromatic heterocycles. The van der Waals surface area contributed by atoms with Crippen LogP contribution in [0.25, 0.3) is 0 Å². The summed E-state index contributed by atoms with van der Waals surface area (Å²) >= 11 is 0. The minimum Gasteiger partial charge on any atom is -0.386 e. The predicted octanol–water partition coefficient (Wildman–Crippen LogP) is 2.37. The topological polar surface area (TPSA) is 46.0 Å². The van der Waals surface area contributed by atoms with E-state index in [1.54, 1.807) is 18.6 Å². The van der Waals surface area contributed by atoms with Gasteiger partial charge in [-0.15, -0.1) is 0 Å². The number of nitrogens with zero attached hydrogens (tertiary/aromatic N) is 2. The molecule has 0 fully saturated rings. The van der Waals surface area contributed by atoms with Gasteiger partial charge in [-0.2, -0.15) is 0 Å². The summed E-state index contributed by atoms with van der Waals surface area (Å²) in [6.07, 6.45) is 4.78. The van der Waals surface area contributed by atoms with Crippen LogP contribution in [0.2, 0.25) is 0 Å². The highest BCUT2D eigenvalue weighted by Gasteiger charge is 2.10. The van der Waals surface area contributed by atoms with Crippen molar-refractivity contribution in [2.24, 2.45) is 0 Å². The van der Waals surface area contributed by atoms with Crippen molar-refractivity contribution in [3.63, 3.8) is 0 Å². The molecule has 2 aromatic rings. The Hall–Kier alpha value is -1.74. The van der Waals surface area contributed by atoms with Crippen LogP contribution in [0.3, 0.4) is 0 Å². The van der Waals surface area contributed by atoms with Crippen LogP contribution < -0.4 is 0 Å². The Balaban J connectivity index is 2.13. The molecule has 0 saturated carbocycles. The molecule has 0 aliphatic rings. The Morgan fingerprint density at radius 1 is 1.18 bits per heavy atom. The first-order chi connectivity index (χ1) is 8.16. The normalized spacial score (nSPS) is 12.4. The molecule has 1 heterocycles. The van der Waals surface area contributed by atoms with Crippen LogP contribution in [-0.2, 0) is 6.42 Å². The molecular weight excluding hydrogens is 212 g/mol. The molecule has 1 aromatic carbocycles. The summed E-state index contributed by atoms with van der Waals surface area (Å²) in [7, 11) is 0. The summed E-state index contributed by atoms with van der Waals surface area (Å²) in [6, 6.07) is 6.23. The summed E-state index contributed by atoms with van der Waals surface area (Å²) in [5.41, 5.74) is 4.24. The molecule has 3 nitrogen and oxygen atoms in total. The van der Waals surface area contributed by atoms with E-state index in [0.717, 1.165) is 5.56 Å². The van der Waals surface area contributed by atoms with Crippen molar-refractivity contribution in [1.29, 1.82) is 0 Å². The van der Waals surface area contributed by atoms with Gasteiger partial charge in [0.25, 0.3) is 0 Å². The summed E-state index contributed by atoms with van der Waals surface area (Å²) in [5.74, 6) is 0. The average molecular weight is 228 g/mol. The summed E-state index contributed by atoms with van der Waals surface area (Å²) < 4.78 is 0. The zero-order valence-electron chi connectivity index (χ0n) is 10.1. The molecule has 3 heteroatoms. The summed E-state index contributed by atoms with van der Waals surface area (Å²) in [5, 5.41) is 10.0. The van der Waals surface area contributed by atoms with Gasteiger partial charge < -0.3 is 5.11 Å². The molecule has 2 rings (SSSR count). The standard InChI is InChI=1S/C14H16N2O/c1-10-3-4-12(7-11(10)2)8-14(17)13-9-15-5-6-16-13/h3-7,9,14,17H,8H2,1-2H3. The Morgan fingerprint density at radius 2 is 2.00 bits per heavy atom. The second-order valence-electron chi connectivity index (χ2n) is 4.27. The second-order valence-corrected chi connectivity index (χ2v) is 4.27. The van der Waals surface area contributed by atoms with Crippen LogP contribution in [0.15, 0.2) is 36.8 Å². The molecule has 88 valence electrons. The third kappa shape index (κ3) is 2.88.